The van der Waals surface area contributed by atoms with Crippen molar-refractivity contribution in [3.63, 3.8) is 0 Å². The van der Waals surface area contributed by atoms with Crippen molar-refractivity contribution in [2.75, 3.05) is 13.1 Å². The number of nitrogens with zero attached hydrogens (tertiary/aromatic N) is 1. The van der Waals surface area contributed by atoms with Crippen molar-refractivity contribution in [2.24, 2.45) is 0 Å². The average molecular weight is 256 g/mol. The van der Waals surface area contributed by atoms with Crippen LogP contribution < -0.4 is 5.32 Å². The molecule has 0 unspecified atom stereocenters. The molecule has 0 atom stereocenters. The summed E-state index contributed by atoms with van der Waals surface area (Å²) >= 11 is 0. The van der Waals surface area contributed by atoms with Gasteiger partial charge in [0, 0.05) is 6.20 Å². The van der Waals surface area contributed by atoms with Crippen molar-refractivity contribution in [2.45, 2.75) is 24.7 Å². The first-order valence-corrected chi connectivity index (χ1v) is 7.25. The van der Waals surface area contributed by atoms with Crippen molar-refractivity contribution < 1.29 is 12.6 Å². The fourth-order valence-electron chi connectivity index (χ4n) is 1.80. The van der Waals surface area contributed by atoms with Crippen molar-refractivity contribution in [1.82, 2.24) is 10.3 Å². The second-order valence-corrected chi connectivity index (χ2v) is 5.67. The van der Waals surface area contributed by atoms with Crippen LogP contribution in [0.4, 0.5) is 0 Å². The monoisotopic (exact) mass is 256 g/mol. The Kier molecular flexibility index (Phi) is 4.09. The number of aromatic nitrogens is 1. The SMILES string of the molecule is O=S(=O)(Cc1ccccn1)OC1CCNCC1. The third-order valence-electron chi connectivity index (χ3n) is 2.62. The quantitative estimate of drug-likeness (QED) is 0.802. The van der Waals surface area contributed by atoms with Gasteiger partial charge in [0.25, 0.3) is 10.1 Å². The molecule has 1 aliphatic heterocycles. The van der Waals surface area contributed by atoms with Crippen LogP contribution in [0.15, 0.2) is 24.4 Å². The zero-order chi connectivity index (χ0) is 12.1. The van der Waals surface area contributed by atoms with Gasteiger partial charge in [0.1, 0.15) is 5.75 Å². The molecule has 1 aliphatic rings. The van der Waals surface area contributed by atoms with E-state index in [-0.39, 0.29) is 11.9 Å². The predicted molar refractivity (Wildman–Crippen MR) is 63.8 cm³/mol. The highest BCUT2D eigenvalue weighted by Gasteiger charge is 2.22. The van der Waals surface area contributed by atoms with Gasteiger partial charge in [0.05, 0.1) is 11.8 Å². The van der Waals surface area contributed by atoms with Crippen LogP contribution in [0.2, 0.25) is 0 Å². The van der Waals surface area contributed by atoms with E-state index in [4.69, 9.17) is 4.18 Å². The van der Waals surface area contributed by atoms with Gasteiger partial charge in [-0.15, -0.1) is 0 Å². The molecule has 0 saturated carbocycles. The van der Waals surface area contributed by atoms with Crippen LogP contribution in [-0.2, 0) is 20.1 Å². The molecule has 1 fully saturated rings. The van der Waals surface area contributed by atoms with Gasteiger partial charge in [0.2, 0.25) is 0 Å². The summed E-state index contributed by atoms with van der Waals surface area (Å²) in [6, 6.07) is 5.20. The molecule has 5 nitrogen and oxygen atoms in total. The first kappa shape index (κ1) is 12.5. The number of pyridine rings is 1. The highest BCUT2D eigenvalue weighted by atomic mass is 32.2. The molecule has 0 aliphatic carbocycles. The zero-order valence-corrected chi connectivity index (χ0v) is 10.3. The van der Waals surface area contributed by atoms with Crippen molar-refractivity contribution in [3.05, 3.63) is 30.1 Å². The number of rotatable bonds is 4. The molecular weight excluding hydrogens is 240 g/mol. The molecule has 0 bridgehead atoms. The van der Waals surface area contributed by atoms with E-state index in [0.717, 1.165) is 25.9 Å². The minimum Gasteiger partial charge on any atom is -0.317 e. The average Bonchev–Trinajstić information content (AvgIpc) is 2.30. The predicted octanol–water partition coefficient (Wildman–Crippen LogP) is 0.680. The summed E-state index contributed by atoms with van der Waals surface area (Å²) < 4.78 is 28.7. The van der Waals surface area contributed by atoms with Gasteiger partial charge in [-0.05, 0) is 38.1 Å². The van der Waals surface area contributed by atoms with Gasteiger partial charge in [-0.25, -0.2) is 0 Å². The summed E-state index contributed by atoms with van der Waals surface area (Å²) in [7, 11) is -3.52. The van der Waals surface area contributed by atoms with E-state index in [1.165, 1.54) is 0 Å². The lowest BCUT2D eigenvalue weighted by atomic mass is 10.1. The Labute approximate surface area is 101 Å². The minimum atomic E-state index is -3.52. The van der Waals surface area contributed by atoms with Crippen molar-refractivity contribution >= 4 is 10.1 Å². The first-order valence-electron chi connectivity index (χ1n) is 5.67. The Morgan fingerprint density at radius 1 is 1.35 bits per heavy atom. The Hall–Kier alpha value is -0.980. The number of hydrogen-bond donors (Lipinski definition) is 1. The number of nitrogens with one attached hydrogen (secondary N) is 1. The van der Waals surface area contributed by atoms with E-state index in [0.29, 0.717) is 5.69 Å². The lowest BCUT2D eigenvalue weighted by molar-refractivity contribution is 0.169. The third kappa shape index (κ3) is 4.07. The molecule has 0 spiro atoms. The van der Waals surface area contributed by atoms with Crippen LogP contribution in [0.5, 0.6) is 0 Å². The lowest BCUT2D eigenvalue weighted by Crippen LogP contribution is -2.34. The Bertz CT molecular complexity index is 441. The van der Waals surface area contributed by atoms with E-state index < -0.39 is 10.1 Å². The molecule has 0 aromatic carbocycles. The second kappa shape index (κ2) is 5.57. The summed E-state index contributed by atoms with van der Waals surface area (Å²) in [6.45, 7) is 1.62. The zero-order valence-electron chi connectivity index (χ0n) is 9.50. The van der Waals surface area contributed by atoms with Gasteiger partial charge in [0.15, 0.2) is 0 Å². The molecule has 2 heterocycles. The molecule has 1 aromatic heterocycles. The van der Waals surface area contributed by atoms with Crippen molar-refractivity contribution in [3.8, 4) is 0 Å². The van der Waals surface area contributed by atoms with Gasteiger partial charge in [-0.3, -0.25) is 9.17 Å². The van der Waals surface area contributed by atoms with Crippen LogP contribution in [0.1, 0.15) is 18.5 Å². The summed E-state index contributed by atoms with van der Waals surface area (Å²) in [5.74, 6) is -0.155. The molecule has 17 heavy (non-hydrogen) atoms. The van der Waals surface area contributed by atoms with E-state index in [1.807, 2.05) is 0 Å². The van der Waals surface area contributed by atoms with Gasteiger partial charge >= 0.3 is 0 Å². The largest absolute Gasteiger partial charge is 0.317 e. The van der Waals surface area contributed by atoms with Gasteiger partial charge in [-0.1, -0.05) is 6.07 Å². The summed E-state index contributed by atoms with van der Waals surface area (Å²) in [4.78, 5) is 3.99. The van der Waals surface area contributed by atoms with E-state index in [9.17, 15) is 8.42 Å². The first-order chi connectivity index (χ1) is 8.16. The summed E-state index contributed by atoms with van der Waals surface area (Å²) in [5, 5.41) is 3.16. The highest BCUT2D eigenvalue weighted by Crippen LogP contribution is 2.13. The summed E-state index contributed by atoms with van der Waals surface area (Å²) in [5.41, 5.74) is 0.515. The normalized spacial score (nSPS) is 18.1. The topological polar surface area (TPSA) is 68.3 Å². The van der Waals surface area contributed by atoms with E-state index in [2.05, 4.69) is 10.3 Å². The maximum Gasteiger partial charge on any atom is 0.273 e. The lowest BCUT2D eigenvalue weighted by Gasteiger charge is -2.22. The molecule has 2 rings (SSSR count). The molecule has 94 valence electrons. The molecule has 1 saturated heterocycles. The molecule has 6 heteroatoms. The van der Waals surface area contributed by atoms with E-state index >= 15 is 0 Å². The van der Waals surface area contributed by atoms with Crippen LogP contribution in [0.3, 0.4) is 0 Å². The maximum atomic E-state index is 11.8. The third-order valence-corrected chi connectivity index (χ3v) is 3.83. The Morgan fingerprint density at radius 3 is 2.76 bits per heavy atom. The standard InChI is InChI=1S/C11H16N2O3S/c14-17(15,9-10-3-1-2-6-13-10)16-11-4-7-12-8-5-11/h1-3,6,11-12H,4-5,7-9H2. The fourth-order valence-corrected chi connectivity index (χ4v) is 3.01. The molecular formula is C11H16N2O3S. The smallest absolute Gasteiger partial charge is 0.273 e. The van der Waals surface area contributed by atoms with Crippen molar-refractivity contribution in [1.29, 1.82) is 0 Å². The van der Waals surface area contributed by atoms with Crippen LogP contribution in [-0.4, -0.2) is 32.6 Å². The van der Waals surface area contributed by atoms with Crippen LogP contribution in [0.25, 0.3) is 0 Å². The minimum absolute atomic E-state index is 0.155. The Morgan fingerprint density at radius 2 is 2.12 bits per heavy atom. The highest BCUT2D eigenvalue weighted by molar-refractivity contribution is 7.85. The van der Waals surface area contributed by atoms with Crippen LogP contribution >= 0.6 is 0 Å². The molecule has 0 radical (unpaired) electrons. The Balaban J connectivity index is 1.94. The van der Waals surface area contributed by atoms with Crippen LogP contribution in [0, 0.1) is 0 Å². The molecule has 0 amide bonds. The molecule has 1 N–H and O–H groups in total. The maximum absolute atomic E-state index is 11.8. The van der Waals surface area contributed by atoms with Gasteiger partial charge in [-0.2, -0.15) is 8.42 Å². The second-order valence-electron chi connectivity index (χ2n) is 4.07. The fraction of sp³-hybridized carbons (Fsp3) is 0.545. The number of hydrogen-bond acceptors (Lipinski definition) is 5. The summed E-state index contributed by atoms with van der Waals surface area (Å²) in [6.07, 6.45) is 2.86. The number of piperidine rings is 1. The van der Waals surface area contributed by atoms with E-state index in [1.54, 1.807) is 24.4 Å². The molecule has 1 aromatic rings. The van der Waals surface area contributed by atoms with Gasteiger partial charge < -0.3 is 5.32 Å².